The van der Waals surface area contributed by atoms with Crippen LogP contribution in [0.25, 0.3) is 0 Å². The van der Waals surface area contributed by atoms with Crippen molar-refractivity contribution in [3.8, 4) is 0 Å². The molecule has 0 spiro atoms. The van der Waals surface area contributed by atoms with Crippen LogP contribution in [0.15, 0.2) is 48.5 Å². The highest BCUT2D eigenvalue weighted by Gasteiger charge is 2.05. The SMILES string of the molecule is O=C(Cc1cc(Cl)cc(Cl)c1)Nc1ccccc1. The molecule has 0 bridgehead atoms. The highest BCUT2D eigenvalue weighted by molar-refractivity contribution is 6.34. The number of para-hydroxylation sites is 1. The number of anilines is 1. The standard InChI is InChI=1S/C14H11Cl2NO/c15-11-6-10(7-12(16)9-11)8-14(18)17-13-4-2-1-3-5-13/h1-7,9H,8H2,(H,17,18). The number of carbonyl (C=O) groups excluding carboxylic acids is 1. The lowest BCUT2D eigenvalue weighted by Crippen LogP contribution is -2.14. The van der Waals surface area contributed by atoms with Crippen LogP contribution in [0.2, 0.25) is 10.0 Å². The van der Waals surface area contributed by atoms with Gasteiger partial charge in [-0.3, -0.25) is 4.79 Å². The molecule has 0 aliphatic rings. The predicted molar refractivity (Wildman–Crippen MR) is 75.2 cm³/mol. The van der Waals surface area contributed by atoms with Crippen molar-refractivity contribution in [2.45, 2.75) is 6.42 Å². The zero-order valence-electron chi connectivity index (χ0n) is 9.49. The molecule has 0 aromatic heterocycles. The predicted octanol–water partition coefficient (Wildman–Crippen LogP) is 4.17. The van der Waals surface area contributed by atoms with Crippen LogP contribution in [0.3, 0.4) is 0 Å². The molecule has 18 heavy (non-hydrogen) atoms. The number of hydrogen-bond donors (Lipinski definition) is 1. The van der Waals surface area contributed by atoms with Crippen molar-refractivity contribution < 1.29 is 4.79 Å². The van der Waals surface area contributed by atoms with Crippen LogP contribution in [-0.4, -0.2) is 5.91 Å². The fourth-order valence-electron chi connectivity index (χ4n) is 1.63. The van der Waals surface area contributed by atoms with Crippen molar-refractivity contribution in [1.29, 1.82) is 0 Å². The first kappa shape index (κ1) is 12.9. The Kier molecular flexibility index (Phi) is 4.24. The van der Waals surface area contributed by atoms with Crippen LogP contribution in [0, 0.1) is 0 Å². The van der Waals surface area contributed by atoms with E-state index >= 15 is 0 Å². The van der Waals surface area contributed by atoms with Crippen molar-refractivity contribution >= 4 is 34.8 Å². The number of rotatable bonds is 3. The fraction of sp³-hybridized carbons (Fsp3) is 0.0714. The van der Waals surface area contributed by atoms with Gasteiger partial charge in [-0.25, -0.2) is 0 Å². The molecule has 0 aliphatic carbocycles. The maximum absolute atomic E-state index is 11.8. The molecular formula is C14H11Cl2NO. The highest BCUT2D eigenvalue weighted by Crippen LogP contribution is 2.19. The molecule has 0 unspecified atom stereocenters. The van der Waals surface area contributed by atoms with E-state index in [1.54, 1.807) is 18.2 Å². The molecule has 0 fully saturated rings. The van der Waals surface area contributed by atoms with E-state index in [0.717, 1.165) is 11.3 Å². The second-order valence-corrected chi connectivity index (χ2v) is 4.74. The van der Waals surface area contributed by atoms with Crippen LogP contribution in [0.4, 0.5) is 5.69 Å². The Bertz CT molecular complexity index is 535. The second-order valence-electron chi connectivity index (χ2n) is 3.87. The van der Waals surface area contributed by atoms with Crippen molar-refractivity contribution in [2.75, 3.05) is 5.32 Å². The molecule has 0 saturated carbocycles. The Morgan fingerprint density at radius 3 is 2.22 bits per heavy atom. The van der Waals surface area contributed by atoms with Gasteiger partial charge < -0.3 is 5.32 Å². The van der Waals surface area contributed by atoms with Crippen LogP contribution < -0.4 is 5.32 Å². The van der Waals surface area contributed by atoms with Gasteiger partial charge in [0.25, 0.3) is 0 Å². The second kappa shape index (κ2) is 5.89. The molecule has 2 nitrogen and oxygen atoms in total. The molecule has 2 aromatic rings. The topological polar surface area (TPSA) is 29.1 Å². The lowest BCUT2D eigenvalue weighted by atomic mass is 10.1. The quantitative estimate of drug-likeness (QED) is 0.898. The number of hydrogen-bond acceptors (Lipinski definition) is 1. The van der Waals surface area contributed by atoms with Gasteiger partial charge in [0.05, 0.1) is 6.42 Å². The summed E-state index contributed by atoms with van der Waals surface area (Å²) in [6, 6.07) is 14.4. The lowest BCUT2D eigenvalue weighted by molar-refractivity contribution is -0.115. The Morgan fingerprint density at radius 1 is 1.00 bits per heavy atom. The first-order chi connectivity index (χ1) is 8.63. The normalized spacial score (nSPS) is 10.1. The summed E-state index contributed by atoms with van der Waals surface area (Å²) >= 11 is 11.8. The largest absolute Gasteiger partial charge is 0.326 e. The molecule has 92 valence electrons. The maximum Gasteiger partial charge on any atom is 0.228 e. The van der Waals surface area contributed by atoms with Gasteiger partial charge in [-0.2, -0.15) is 0 Å². The molecular weight excluding hydrogens is 269 g/mol. The Hall–Kier alpha value is -1.51. The molecule has 0 atom stereocenters. The van der Waals surface area contributed by atoms with E-state index in [-0.39, 0.29) is 12.3 Å². The van der Waals surface area contributed by atoms with Gasteiger partial charge in [0.1, 0.15) is 0 Å². The van der Waals surface area contributed by atoms with Gasteiger partial charge in [0.2, 0.25) is 5.91 Å². The number of benzene rings is 2. The van der Waals surface area contributed by atoms with Crippen LogP contribution in [0.5, 0.6) is 0 Å². The van der Waals surface area contributed by atoms with Gasteiger partial charge in [-0.1, -0.05) is 41.4 Å². The zero-order valence-corrected chi connectivity index (χ0v) is 11.0. The maximum atomic E-state index is 11.8. The van der Waals surface area contributed by atoms with E-state index in [1.165, 1.54) is 0 Å². The number of amides is 1. The summed E-state index contributed by atoms with van der Waals surface area (Å²) in [5.74, 6) is -0.0977. The van der Waals surface area contributed by atoms with Gasteiger partial charge in [0.15, 0.2) is 0 Å². The van der Waals surface area contributed by atoms with Crippen molar-refractivity contribution in [2.24, 2.45) is 0 Å². The summed E-state index contributed by atoms with van der Waals surface area (Å²) in [5.41, 5.74) is 1.57. The third-order valence-electron chi connectivity index (χ3n) is 2.34. The van der Waals surface area contributed by atoms with Crippen LogP contribution >= 0.6 is 23.2 Å². The summed E-state index contributed by atoms with van der Waals surface area (Å²) in [6.07, 6.45) is 0.245. The average Bonchev–Trinajstić information content (AvgIpc) is 2.28. The molecule has 2 aromatic carbocycles. The van der Waals surface area contributed by atoms with E-state index in [1.807, 2.05) is 30.3 Å². The monoisotopic (exact) mass is 279 g/mol. The van der Waals surface area contributed by atoms with Crippen LogP contribution in [0.1, 0.15) is 5.56 Å². The molecule has 1 amide bonds. The van der Waals surface area contributed by atoms with E-state index in [0.29, 0.717) is 10.0 Å². The minimum Gasteiger partial charge on any atom is -0.326 e. The fourth-order valence-corrected chi connectivity index (χ4v) is 2.20. The molecule has 0 heterocycles. The Morgan fingerprint density at radius 2 is 1.61 bits per heavy atom. The van der Waals surface area contributed by atoms with E-state index in [4.69, 9.17) is 23.2 Å². The number of carbonyl (C=O) groups is 1. The third kappa shape index (κ3) is 3.76. The van der Waals surface area contributed by atoms with E-state index in [2.05, 4.69) is 5.32 Å². The third-order valence-corrected chi connectivity index (χ3v) is 2.78. The minimum absolute atomic E-state index is 0.0977. The van der Waals surface area contributed by atoms with E-state index < -0.39 is 0 Å². The molecule has 0 aliphatic heterocycles. The zero-order chi connectivity index (χ0) is 13.0. The first-order valence-electron chi connectivity index (χ1n) is 5.43. The summed E-state index contributed by atoms with van der Waals surface area (Å²) < 4.78 is 0. The Labute approximate surface area is 116 Å². The smallest absolute Gasteiger partial charge is 0.228 e. The lowest BCUT2D eigenvalue weighted by Gasteiger charge is -2.05. The van der Waals surface area contributed by atoms with Gasteiger partial charge >= 0.3 is 0 Å². The Balaban J connectivity index is 2.03. The highest BCUT2D eigenvalue weighted by atomic mass is 35.5. The number of nitrogens with one attached hydrogen (secondary N) is 1. The van der Waals surface area contributed by atoms with Gasteiger partial charge in [-0.15, -0.1) is 0 Å². The number of halogens is 2. The van der Waals surface area contributed by atoms with Crippen molar-refractivity contribution in [1.82, 2.24) is 0 Å². The summed E-state index contributed by atoms with van der Waals surface area (Å²) in [6.45, 7) is 0. The molecule has 4 heteroatoms. The van der Waals surface area contributed by atoms with Crippen molar-refractivity contribution in [3.63, 3.8) is 0 Å². The molecule has 1 N–H and O–H groups in total. The van der Waals surface area contributed by atoms with Crippen molar-refractivity contribution in [3.05, 3.63) is 64.1 Å². The molecule has 2 rings (SSSR count). The summed E-state index contributed by atoms with van der Waals surface area (Å²) in [5, 5.41) is 3.87. The van der Waals surface area contributed by atoms with E-state index in [9.17, 15) is 4.79 Å². The minimum atomic E-state index is -0.0977. The first-order valence-corrected chi connectivity index (χ1v) is 6.19. The molecule has 0 radical (unpaired) electrons. The average molecular weight is 280 g/mol. The summed E-state index contributed by atoms with van der Waals surface area (Å²) in [7, 11) is 0. The molecule has 0 saturated heterocycles. The summed E-state index contributed by atoms with van der Waals surface area (Å²) in [4.78, 5) is 11.8. The van der Waals surface area contributed by atoms with Gasteiger partial charge in [0, 0.05) is 15.7 Å². The van der Waals surface area contributed by atoms with Gasteiger partial charge in [-0.05, 0) is 35.9 Å². The van der Waals surface area contributed by atoms with Crippen LogP contribution in [-0.2, 0) is 11.2 Å².